The van der Waals surface area contributed by atoms with Crippen molar-refractivity contribution < 1.29 is 27.5 Å². The molecule has 7 nitrogen and oxygen atoms in total. The van der Waals surface area contributed by atoms with E-state index in [9.17, 15) is 22.8 Å². The lowest BCUT2D eigenvalue weighted by Crippen LogP contribution is -2.20. The van der Waals surface area contributed by atoms with E-state index in [1.54, 1.807) is 30.5 Å². The number of nitrogens with two attached hydrogens (primary N) is 1. The van der Waals surface area contributed by atoms with Crippen molar-refractivity contribution in [1.82, 2.24) is 4.98 Å². The monoisotopic (exact) mass is 436 g/mol. The number of ether oxygens (including phenoxy) is 1. The lowest BCUT2D eigenvalue weighted by atomic mass is 10.2. The number of amides is 3. The Labute approximate surface area is 172 Å². The minimum Gasteiger partial charge on any atom is -0.449 e. The third-order valence-electron chi connectivity index (χ3n) is 3.80. The molecule has 0 aliphatic rings. The summed E-state index contributed by atoms with van der Waals surface area (Å²) in [6.07, 6.45) is 1.27. The van der Waals surface area contributed by atoms with Crippen molar-refractivity contribution >= 4 is 34.8 Å². The van der Waals surface area contributed by atoms with Crippen molar-refractivity contribution in [2.45, 2.75) is 6.42 Å². The van der Waals surface area contributed by atoms with Crippen molar-refractivity contribution in [3.05, 3.63) is 65.1 Å². The molecule has 0 saturated heterocycles. The van der Waals surface area contributed by atoms with E-state index >= 15 is 0 Å². The van der Waals surface area contributed by atoms with Crippen LogP contribution in [0.4, 0.5) is 34.1 Å². The zero-order chi connectivity index (χ0) is 21.7. The number of halogens is 3. The normalized spacial score (nSPS) is 10.5. The predicted octanol–water partition coefficient (Wildman–Crippen LogP) is 4.51. The van der Waals surface area contributed by atoms with Gasteiger partial charge in [-0.15, -0.1) is 11.3 Å². The van der Waals surface area contributed by atoms with E-state index in [2.05, 4.69) is 20.4 Å². The smallest absolute Gasteiger partial charge is 0.404 e. The molecule has 0 radical (unpaired) electrons. The Hall–Kier alpha value is -3.60. The Balaban J connectivity index is 1.59. The summed E-state index contributed by atoms with van der Waals surface area (Å²) in [5, 5.41) is 5.35. The molecule has 30 heavy (non-hydrogen) atoms. The highest BCUT2D eigenvalue weighted by Gasteiger charge is 2.13. The average Bonchev–Trinajstić information content (AvgIpc) is 3.15. The van der Waals surface area contributed by atoms with Crippen LogP contribution in [0.15, 0.2) is 42.6 Å². The minimum absolute atomic E-state index is 0.138. The predicted molar refractivity (Wildman–Crippen MR) is 106 cm³/mol. The van der Waals surface area contributed by atoms with Crippen LogP contribution < -0.4 is 16.4 Å². The van der Waals surface area contributed by atoms with E-state index in [1.165, 1.54) is 11.3 Å². The molecular formula is C19H15F3N4O3S. The number of carbonyl (C=O) groups is 2. The second-order valence-corrected chi connectivity index (χ2v) is 7.05. The van der Waals surface area contributed by atoms with E-state index in [0.717, 1.165) is 15.4 Å². The van der Waals surface area contributed by atoms with Crippen LogP contribution in [0, 0.1) is 17.5 Å². The van der Waals surface area contributed by atoms with Crippen molar-refractivity contribution in [2.75, 3.05) is 17.2 Å². The van der Waals surface area contributed by atoms with Gasteiger partial charge in [-0.3, -0.25) is 0 Å². The number of urea groups is 1. The molecule has 1 aromatic heterocycles. The number of hydrogen-bond donors (Lipinski definition) is 3. The van der Waals surface area contributed by atoms with Crippen LogP contribution in [0.1, 0.15) is 5.01 Å². The topological polar surface area (TPSA) is 106 Å². The van der Waals surface area contributed by atoms with E-state index in [0.29, 0.717) is 24.2 Å². The van der Waals surface area contributed by atoms with Gasteiger partial charge < -0.3 is 21.1 Å². The first-order valence-electron chi connectivity index (χ1n) is 8.52. The van der Waals surface area contributed by atoms with Crippen LogP contribution in [-0.4, -0.2) is 23.7 Å². The van der Waals surface area contributed by atoms with E-state index in [4.69, 9.17) is 5.73 Å². The lowest BCUT2D eigenvalue weighted by molar-refractivity contribution is 0.158. The second kappa shape index (κ2) is 9.27. The molecule has 0 bridgehead atoms. The standard InChI is InChI=1S/C19H15F3N4O3S/c20-12-7-14(22)15(8-13(12)21)26-19(28)25-11-3-1-10(2-4-11)16-9-24-17(30-16)5-6-29-18(23)27/h1-4,7-9H,5-6H2,(H2,23,27)(H2,25,26,28). The Morgan fingerprint density at radius 2 is 1.73 bits per heavy atom. The first-order chi connectivity index (χ1) is 14.3. The van der Waals surface area contributed by atoms with E-state index in [1.807, 2.05) is 0 Å². The fraction of sp³-hybridized carbons (Fsp3) is 0.105. The largest absolute Gasteiger partial charge is 0.449 e. The van der Waals surface area contributed by atoms with Gasteiger partial charge in [-0.25, -0.2) is 27.7 Å². The number of hydrogen-bond acceptors (Lipinski definition) is 5. The molecule has 0 fully saturated rings. The Morgan fingerprint density at radius 1 is 1.03 bits per heavy atom. The van der Waals surface area contributed by atoms with Crippen molar-refractivity contribution in [1.29, 1.82) is 0 Å². The molecule has 0 spiro atoms. The van der Waals surface area contributed by atoms with Crippen molar-refractivity contribution in [3.8, 4) is 10.4 Å². The summed E-state index contributed by atoms with van der Waals surface area (Å²) in [4.78, 5) is 27.7. The van der Waals surface area contributed by atoms with E-state index < -0.39 is 35.3 Å². The molecule has 4 N–H and O–H groups in total. The lowest BCUT2D eigenvalue weighted by Gasteiger charge is -2.09. The number of rotatable bonds is 6. The van der Waals surface area contributed by atoms with Gasteiger partial charge in [0.1, 0.15) is 5.82 Å². The molecule has 11 heteroatoms. The SMILES string of the molecule is NC(=O)OCCc1ncc(-c2ccc(NC(=O)Nc3cc(F)c(F)cc3F)cc2)s1. The van der Waals surface area contributed by atoms with Gasteiger partial charge in [-0.05, 0) is 17.7 Å². The maximum absolute atomic E-state index is 13.6. The maximum atomic E-state index is 13.6. The van der Waals surface area contributed by atoms with Gasteiger partial charge in [0.15, 0.2) is 11.6 Å². The molecule has 2 aromatic carbocycles. The number of primary amides is 1. The van der Waals surface area contributed by atoms with Gasteiger partial charge >= 0.3 is 12.1 Å². The number of nitrogens with zero attached hydrogens (tertiary/aromatic N) is 1. The molecule has 3 aromatic rings. The molecule has 156 valence electrons. The first kappa shape index (κ1) is 21.1. The molecule has 0 atom stereocenters. The molecule has 0 aliphatic heterocycles. The summed E-state index contributed by atoms with van der Waals surface area (Å²) in [5.41, 5.74) is 5.66. The first-order valence-corrected chi connectivity index (χ1v) is 9.33. The zero-order valence-corrected chi connectivity index (χ0v) is 16.1. The fourth-order valence-corrected chi connectivity index (χ4v) is 3.32. The molecule has 3 amide bonds. The highest BCUT2D eigenvalue weighted by Crippen LogP contribution is 2.27. The van der Waals surface area contributed by atoms with Crippen LogP contribution in [0.5, 0.6) is 0 Å². The van der Waals surface area contributed by atoms with Gasteiger partial charge in [0.2, 0.25) is 0 Å². The summed E-state index contributed by atoms with van der Waals surface area (Å²) in [7, 11) is 0. The Bertz CT molecular complexity index is 1070. The third-order valence-corrected chi connectivity index (χ3v) is 4.91. The van der Waals surface area contributed by atoms with Crippen LogP contribution in [0.2, 0.25) is 0 Å². The quantitative estimate of drug-likeness (QED) is 0.494. The zero-order valence-electron chi connectivity index (χ0n) is 15.2. The van der Waals surface area contributed by atoms with Gasteiger partial charge in [-0.2, -0.15) is 0 Å². The number of carbonyl (C=O) groups excluding carboxylic acids is 2. The number of aromatic nitrogens is 1. The second-order valence-electron chi connectivity index (χ2n) is 5.94. The third kappa shape index (κ3) is 5.47. The van der Waals surface area contributed by atoms with Crippen LogP contribution >= 0.6 is 11.3 Å². The maximum Gasteiger partial charge on any atom is 0.404 e. The average molecular weight is 436 g/mol. The minimum atomic E-state index is -1.35. The Kier molecular flexibility index (Phi) is 6.52. The van der Waals surface area contributed by atoms with Crippen molar-refractivity contribution in [3.63, 3.8) is 0 Å². The summed E-state index contributed by atoms with van der Waals surface area (Å²) in [6.45, 7) is 0.138. The molecule has 0 saturated carbocycles. The molecule has 0 aliphatic carbocycles. The van der Waals surface area contributed by atoms with Gasteiger partial charge in [0.25, 0.3) is 0 Å². The number of benzene rings is 2. The van der Waals surface area contributed by atoms with Gasteiger partial charge in [0.05, 0.1) is 22.2 Å². The van der Waals surface area contributed by atoms with Crippen LogP contribution in [0.3, 0.4) is 0 Å². The summed E-state index contributed by atoms with van der Waals surface area (Å²) < 4.78 is 44.4. The molecule has 3 rings (SSSR count). The summed E-state index contributed by atoms with van der Waals surface area (Å²) >= 11 is 1.41. The Morgan fingerprint density at radius 3 is 2.43 bits per heavy atom. The number of thiazole rings is 1. The van der Waals surface area contributed by atoms with Gasteiger partial charge in [-0.1, -0.05) is 12.1 Å². The van der Waals surface area contributed by atoms with Crippen LogP contribution in [-0.2, 0) is 11.2 Å². The van der Waals surface area contributed by atoms with E-state index in [-0.39, 0.29) is 6.61 Å². The number of nitrogens with one attached hydrogen (secondary N) is 2. The number of anilines is 2. The van der Waals surface area contributed by atoms with Gasteiger partial charge in [0, 0.05) is 30.4 Å². The van der Waals surface area contributed by atoms with Crippen LogP contribution in [0.25, 0.3) is 10.4 Å². The highest BCUT2D eigenvalue weighted by molar-refractivity contribution is 7.15. The van der Waals surface area contributed by atoms with Crippen molar-refractivity contribution in [2.24, 2.45) is 5.73 Å². The molecule has 0 unspecified atom stereocenters. The summed E-state index contributed by atoms with van der Waals surface area (Å²) in [6, 6.07) is 6.81. The molecule has 1 heterocycles. The molecular weight excluding hydrogens is 421 g/mol. The fourth-order valence-electron chi connectivity index (χ4n) is 2.42. The summed E-state index contributed by atoms with van der Waals surface area (Å²) in [5.74, 6) is -3.72. The highest BCUT2D eigenvalue weighted by atomic mass is 32.1.